The Balaban J connectivity index is 2.20. The average Bonchev–Trinajstić information content (AvgIpc) is 2.69. The number of hydrogen-bond donors (Lipinski definition) is 2. The monoisotopic (exact) mass is 250 g/mol. The highest BCUT2D eigenvalue weighted by molar-refractivity contribution is 7.90. The van der Waals surface area contributed by atoms with Crippen LogP contribution >= 0.6 is 0 Å². The molecule has 1 rings (SSSR count). The zero-order valence-corrected chi connectivity index (χ0v) is 10.6. The molecule has 0 amide bonds. The average molecular weight is 250 g/mol. The van der Waals surface area contributed by atoms with E-state index in [4.69, 9.17) is 10.6 Å². The molecule has 1 heterocycles. The number of sulfone groups is 1. The van der Waals surface area contributed by atoms with Crippen molar-refractivity contribution in [1.82, 2.24) is 5.43 Å². The van der Waals surface area contributed by atoms with Gasteiger partial charge in [-0.15, -0.1) is 0 Å². The summed E-state index contributed by atoms with van der Waals surface area (Å²) >= 11 is 0. The molecule has 1 aliphatic rings. The van der Waals surface area contributed by atoms with E-state index in [9.17, 15) is 8.42 Å². The van der Waals surface area contributed by atoms with Crippen molar-refractivity contribution in [1.29, 1.82) is 0 Å². The van der Waals surface area contributed by atoms with Gasteiger partial charge >= 0.3 is 0 Å². The molecule has 2 unspecified atom stereocenters. The number of nitrogens with two attached hydrogens (primary N) is 1. The van der Waals surface area contributed by atoms with Gasteiger partial charge in [0.25, 0.3) is 0 Å². The van der Waals surface area contributed by atoms with Crippen LogP contribution in [0.4, 0.5) is 0 Å². The maximum atomic E-state index is 11.0. The van der Waals surface area contributed by atoms with E-state index in [1.165, 1.54) is 6.26 Å². The number of nitrogens with one attached hydrogen (secondary N) is 1. The third-order valence-electron chi connectivity index (χ3n) is 2.93. The van der Waals surface area contributed by atoms with Gasteiger partial charge < -0.3 is 4.74 Å². The topological polar surface area (TPSA) is 81.4 Å². The smallest absolute Gasteiger partial charge is 0.147 e. The Morgan fingerprint density at radius 3 is 2.75 bits per heavy atom. The Labute approximate surface area is 97.6 Å². The Bertz CT molecular complexity index is 286. The molecule has 0 aromatic rings. The molecule has 16 heavy (non-hydrogen) atoms. The van der Waals surface area contributed by atoms with Crippen LogP contribution in [0.25, 0.3) is 0 Å². The molecule has 0 spiro atoms. The molecule has 0 aliphatic carbocycles. The van der Waals surface area contributed by atoms with Crippen LogP contribution in [-0.4, -0.2) is 39.2 Å². The Hall–Kier alpha value is -0.170. The fourth-order valence-electron chi connectivity index (χ4n) is 1.93. The highest BCUT2D eigenvalue weighted by atomic mass is 32.2. The third-order valence-corrected chi connectivity index (χ3v) is 3.91. The van der Waals surface area contributed by atoms with Crippen molar-refractivity contribution in [3.05, 3.63) is 0 Å². The first-order valence-corrected chi connectivity index (χ1v) is 7.83. The zero-order chi connectivity index (χ0) is 12.0. The molecule has 2 atom stereocenters. The number of hydrogen-bond acceptors (Lipinski definition) is 5. The minimum atomic E-state index is -2.89. The molecule has 0 saturated carbocycles. The largest absolute Gasteiger partial charge is 0.378 e. The van der Waals surface area contributed by atoms with Gasteiger partial charge in [0, 0.05) is 18.9 Å². The highest BCUT2D eigenvalue weighted by Crippen LogP contribution is 2.18. The number of ether oxygens (including phenoxy) is 1. The molecular weight excluding hydrogens is 228 g/mol. The van der Waals surface area contributed by atoms with Crippen molar-refractivity contribution in [2.75, 3.05) is 18.6 Å². The van der Waals surface area contributed by atoms with E-state index in [-0.39, 0.29) is 11.8 Å². The summed E-state index contributed by atoms with van der Waals surface area (Å²) in [4.78, 5) is 0. The van der Waals surface area contributed by atoms with Crippen LogP contribution in [0.3, 0.4) is 0 Å². The predicted molar refractivity (Wildman–Crippen MR) is 63.6 cm³/mol. The van der Waals surface area contributed by atoms with E-state index in [0.29, 0.717) is 12.5 Å². The summed E-state index contributed by atoms with van der Waals surface area (Å²) < 4.78 is 27.5. The van der Waals surface area contributed by atoms with Gasteiger partial charge in [-0.05, 0) is 32.1 Å². The van der Waals surface area contributed by atoms with Crippen molar-refractivity contribution >= 4 is 9.84 Å². The lowest BCUT2D eigenvalue weighted by atomic mass is 10.0. The van der Waals surface area contributed by atoms with E-state index < -0.39 is 9.84 Å². The first kappa shape index (κ1) is 13.9. The van der Waals surface area contributed by atoms with E-state index in [1.54, 1.807) is 0 Å². The maximum Gasteiger partial charge on any atom is 0.147 e. The summed E-state index contributed by atoms with van der Waals surface area (Å²) in [6.07, 6.45) is 6.24. The van der Waals surface area contributed by atoms with Crippen LogP contribution in [-0.2, 0) is 14.6 Å². The maximum absolute atomic E-state index is 11.0. The predicted octanol–water partition coefficient (Wildman–Crippen LogP) is 0.212. The summed E-state index contributed by atoms with van der Waals surface area (Å²) in [7, 11) is -2.89. The second kappa shape index (κ2) is 6.54. The van der Waals surface area contributed by atoms with E-state index >= 15 is 0 Å². The van der Waals surface area contributed by atoms with Gasteiger partial charge in [0.1, 0.15) is 9.84 Å². The minimum absolute atomic E-state index is 0.0684. The molecule has 0 radical (unpaired) electrons. The molecule has 0 bridgehead atoms. The molecule has 96 valence electrons. The Morgan fingerprint density at radius 2 is 2.25 bits per heavy atom. The van der Waals surface area contributed by atoms with Crippen LogP contribution in [0, 0.1) is 0 Å². The summed E-state index contributed by atoms with van der Waals surface area (Å²) in [5.74, 6) is 5.59. The third kappa shape index (κ3) is 5.79. The molecule has 1 fully saturated rings. The van der Waals surface area contributed by atoms with Crippen LogP contribution in [0.2, 0.25) is 0 Å². The van der Waals surface area contributed by atoms with Gasteiger partial charge in [0.2, 0.25) is 0 Å². The van der Waals surface area contributed by atoms with E-state index in [2.05, 4.69) is 5.43 Å². The second-order valence-electron chi connectivity index (χ2n) is 4.49. The number of hydrazine groups is 1. The molecule has 0 aromatic heterocycles. The lowest BCUT2D eigenvalue weighted by molar-refractivity contribution is 0.0995. The molecule has 5 nitrogen and oxygen atoms in total. The van der Waals surface area contributed by atoms with Crippen LogP contribution < -0.4 is 11.3 Å². The Morgan fingerprint density at radius 1 is 1.50 bits per heavy atom. The second-order valence-corrected chi connectivity index (χ2v) is 6.75. The first-order valence-electron chi connectivity index (χ1n) is 5.76. The summed E-state index contributed by atoms with van der Waals surface area (Å²) in [5, 5.41) is 0. The quantitative estimate of drug-likeness (QED) is 0.499. The van der Waals surface area contributed by atoms with Gasteiger partial charge in [-0.1, -0.05) is 0 Å². The molecule has 1 aliphatic heterocycles. The van der Waals surface area contributed by atoms with Crippen LogP contribution in [0.5, 0.6) is 0 Å². The van der Waals surface area contributed by atoms with Crippen molar-refractivity contribution in [2.24, 2.45) is 5.84 Å². The summed E-state index contributed by atoms with van der Waals surface area (Å²) in [6, 6.07) is 0.0684. The van der Waals surface area contributed by atoms with Gasteiger partial charge in [-0.3, -0.25) is 11.3 Å². The zero-order valence-electron chi connectivity index (χ0n) is 9.81. The molecule has 6 heteroatoms. The van der Waals surface area contributed by atoms with Crippen molar-refractivity contribution in [3.8, 4) is 0 Å². The summed E-state index contributed by atoms with van der Waals surface area (Å²) in [5.41, 5.74) is 2.68. The fraction of sp³-hybridized carbons (Fsp3) is 1.00. The SMILES string of the molecule is CS(=O)(=O)CCC(CCC1CCCO1)NN. The highest BCUT2D eigenvalue weighted by Gasteiger charge is 2.18. The van der Waals surface area contributed by atoms with Gasteiger partial charge in [-0.2, -0.15) is 0 Å². The molecule has 1 saturated heterocycles. The van der Waals surface area contributed by atoms with Crippen molar-refractivity contribution in [2.45, 2.75) is 44.2 Å². The molecule has 0 aromatic carbocycles. The normalized spacial score (nSPS) is 23.5. The van der Waals surface area contributed by atoms with E-state index in [1.807, 2.05) is 0 Å². The van der Waals surface area contributed by atoms with Gasteiger partial charge in [0.05, 0.1) is 11.9 Å². The van der Waals surface area contributed by atoms with Crippen molar-refractivity contribution in [3.63, 3.8) is 0 Å². The standard InChI is InChI=1S/C10H22N2O3S/c1-16(13,14)8-6-9(12-11)4-5-10-3-2-7-15-10/h9-10,12H,2-8,11H2,1H3. The summed E-state index contributed by atoms with van der Waals surface area (Å²) in [6.45, 7) is 0.856. The lowest BCUT2D eigenvalue weighted by Crippen LogP contribution is -2.37. The van der Waals surface area contributed by atoms with Crippen LogP contribution in [0.15, 0.2) is 0 Å². The molecular formula is C10H22N2O3S. The fourth-order valence-corrected chi connectivity index (χ4v) is 2.64. The van der Waals surface area contributed by atoms with E-state index in [0.717, 1.165) is 32.3 Å². The van der Waals surface area contributed by atoms with Gasteiger partial charge in [0.15, 0.2) is 0 Å². The van der Waals surface area contributed by atoms with Crippen molar-refractivity contribution < 1.29 is 13.2 Å². The number of rotatable bonds is 7. The lowest BCUT2D eigenvalue weighted by Gasteiger charge is -2.17. The van der Waals surface area contributed by atoms with Crippen LogP contribution in [0.1, 0.15) is 32.1 Å². The first-order chi connectivity index (χ1) is 7.51. The Kier molecular flexibility index (Phi) is 5.68. The molecule has 3 N–H and O–H groups in total. The van der Waals surface area contributed by atoms with Gasteiger partial charge in [-0.25, -0.2) is 8.42 Å². The minimum Gasteiger partial charge on any atom is -0.378 e.